The number of aliphatic carboxylic acids is 1. The summed E-state index contributed by atoms with van der Waals surface area (Å²) in [6, 6.07) is 0.0182. The van der Waals surface area contributed by atoms with Gasteiger partial charge in [0.25, 0.3) is 0 Å². The molecule has 0 aromatic carbocycles. The van der Waals surface area contributed by atoms with Crippen LogP contribution in [0.4, 0.5) is 0 Å². The van der Waals surface area contributed by atoms with Gasteiger partial charge >= 0.3 is 5.97 Å². The van der Waals surface area contributed by atoms with Crippen molar-refractivity contribution in [3.8, 4) is 0 Å². The SMILES string of the molecule is COCCC(C)NC(=O)CC1(C(=O)O)CCCC1. The summed E-state index contributed by atoms with van der Waals surface area (Å²) < 4.78 is 4.94. The standard InChI is InChI=1S/C13H23NO4/c1-10(5-8-18-2)14-11(15)9-13(12(16)17)6-3-4-7-13/h10H,3-9H2,1-2H3,(H,14,15)(H,16,17). The molecule has 1 amide bonds. The molecule has 0 aliphatic heterocycles. The van der Waals surface area contributed by atoms with E-state index in [4.69, 9.17) is 4.74 Å². The lowest BCUT2D eigenvalue weighted by Crippen LogP contribution is -2.39. The van der Waals surface area contributed by atoms with E-state index in [0.29, 0.717) is 19.4 Å². The van der Waals surface area contributed by atoms with Gasteiger partial charge in [0.15, 0.2) is 0 Å². The zero-order valence-corrected chi connectivity index (χ0v) is 11.2. The Morgan fingerprint density at radius 1 is 1.39 bits per heavy atom. The van der Waals surface area contributed by atoms with E-state index in [-0.39, 0.29) is 18.4 Å². The molecule has 18 heavy (non-hydrogen) atoms. The van der Waals surface area contributed by atoms with Crippen LogP contribution in [-0.4, -0.2) is 36.7 Å². The van der Waals surface area contributed by atoms with Gasteiger partial charge in [-0.3, -0.25) is 9.59 Å². The fourth-order valence-electron chi connectivity index (χ4n) is 2.52. The number of methoxy groups -OCH3 is 1. The Balaban J connectivity index is 2.45. The van der Waals surface area contributed by atoms with Gasteiger partial charge in [0.1, 0.15) is 0 Å². The number of carboxylic acid groups (broad SMARTS) is 1. The first-order chi connectivity index (χ1) is 8.50. The van der Waals surface area contributed by atoms with Gasteiger partial charge in [0.2, 0.25) is 5.91 Å². The summed E-state index contributed by atoms with van der Waals surface area (Å²) in [5.41, 5.74) is -0.828. The highest BCUT2D eigenvalue weighted by Gasteiger charge is 2.43. The van der Waals surface area contributed by atoms with Crippen molar-refractivity contribution in [2.24, 2.45) is 5.41 Å². The summed E-state index contributed by atoms with van der Waals surface area (Å²) in [6.45, 7) is 2.49. The maximum atomic E-state index is 11.9. The maximum Gasteiger partial charge on any atom is 0.310 e. The van der Waals surface area contributed by atoms with E-state index in [0.717, 1.165) is 19.3 Å². The van der Waals surface area contributed by atoms with Crippen LogP contribution >= 0.6 is 0 Å². The molecule has 0 aromatic heterocycles. The van der Waals surface area contributed by atoms with E-state index in [9.17, 15) is 14.7 Å². The van der Waals surface area contributed by atoms with E-state index in [1.54, 1.807) is 7.11 Å². The minimum absolute atomic E-state index is 0.0182. The van der Waals surface area contributed by atoms with Gasteiger partial charge in [0.05, 0.1) is 5.41 Å². The van der Waals surface area contributed by atoms with Crippen molar-refractivity contribution in [3.05, 3.63) is 0 Å². The number of hydrogen-bond donors (Lipinski definition) is 2. The highest BCUT2D eigenvalue weighted by Crippen LogP contribution is 2.41. The van der Waals surface area contributed by atoms with Crippen LogP contribution in [0.15, 0.2) is 0 Å². The Labute approximate surface area is 108 Å². The molecule has 5 heteroatoms. The van der Waals surface area contributed by atoms with Crippen LogP contribution in [0.5, 0.6) is 0 Å². The van der Waals surface area contributed by atoms with Crippen molar-refractivity contribution in [3.63, 3.8) is 0 Å². The summed E-state index contributed by atoms with van der Waals surface area (Å²) in [4.78, 5) is 23.2. The third-order valence-corrected chi connectivity index (χ3v) is 3.68. The molecule has 5 nitrogen and oxygen atoms in total. The van der Waals surface area contributed by atoms with E-state index >= 15 is 0 Å². The predicted octanol–water partition coefficient (Wildman–Crippen LogP) is 1.56. The lowest BCUT2D eigenvalue weighted by atomic mass is 9.82. The van der Waals surface area contributed by atoms with E-state index in [1.165, 1.54) is 0 Å². The average Bonchev–Trinajstić information content (AvgIpc) is 2.75. The van der Waals surface area contributed by atoms with E-state index in [1.807, 2.05) is 6.92 Å². The summed E-state index contributed by atoms with van der Waals surface area (Å²) in [5, 5.41) is 12.1. The van der Waals surface area contributed by atoms with Crippen molar-refractivity contribution >= 4 is 11.9 Å². The second kappa shape index (κ2) is 6.73. The highest BCUT2D eigenvalue weighted by atomic mass is 16.5. The normalized spacial score (nSPS) is 19.4. The van der Waals surface area contributed by atoms with E-state index < -0.39 is 11.4 Å². The van der Waals surface area contributed by atoms with Crippen LogP contribution in [0, 0.1) is 5.41 Å². The van der Waals surface area contributed by atoms with Crippen molar-refractivity contribution in [2.75, 3.05) is 13.7 Å². The van der Waals surface area contributed by atoms with Gasteiger partial charge in [-0.05, 0) is 26.2 Å². The monoisotopic (exact) mass is 257 g/mol. The molecule has 0 spiro atoms. The molecule has 1 saturated carbocycles. The van der Waals surface area contributed by atoms with Gasteiger partial charge < -0.3 is 15.2 Å². The molecule has 0 aromatic rings. The molecule has 1 unspecified atom stereocenters. The molecule has 1 aliphatic rings. The number of rotatable bonds is 7. The number of carbonyl (C=O) groups excluding carboxylic acids is 1. The average molecular weight is 257 g/mol. The number of nitrogens with one attached hydrogen (secondary N) is 1. The molecule has 2 N–H and O–H groups in total. The quantitative estimate of drug-likeness (QED) is 0.725. The molecule has 1 atom stereocenters. The Kier molecular flexibility index (Phi) is 5.59. The summed E-state index contributed by atoms with van der Waals surface area (Å²) in [7, 11) is 1.62. The summed E-state index contributed by atoms with van der Waals surface area (Å²) >= 11 is 0. The number of ether oxygens (including phenoxy) is 1. The Hall–Kier alpha value is -1.10. The number of carboxylic acids is 1. The minimum Gasteiger partial charge on any atom is -0.481 e. The zero-order valence-electron chi connectivity index (χ0n) is 11.2. The van der Waals surface area contributed by atoms with Gasteiger partial charge in [-0.2, -0.15) is 0 Å². The zero-order chi connectivity index (χ0) is 13.6. The Morgan fingerprint density at radius 2 is 2.00 bits per heavy atom. The van der Waals surface area contributed by atoms with Crippen LogP contribution < -0.4 is 5.32 Å². The Bertz CT molecular complexity index is 297. The molecule has 0 bridgehead atoms. The van der Waals surface area contributed by atoms with Crippen LogP contribution in [0.3, 0.4) is 0 Å². The van der Waals surface area contributed by atoms with Gasteiger partial charge in [0, 0.05) is 26.2 Å². The smallest absolute Gasteiger partial charge is 0.310 e. The molecule has 0 radical (unpaired) electrons. The lowest BCUT2D eigenvalue weighted by molar-refractivity contribution is -0.151. The topological polar surface area (TPSA) is 75.6 Å². The first-order valence-electron chi connectivity index (χ1n) is 6.52. The largest absolute Gasteiger partial charge is 0.481 e. The molecule has 0 saturated heterocycles. The number of amides is 1. The predicted molar refractivity (Wildman–Crippen MR) is 67.3 cm³/mol. The highest BCUT2D eigenvalue weighted by molar-refractivity contribution is 5.85. The minimum atomic E-state index is -0.834. The molecule has 1 fully saturated rings. The number of hydrogen-bond acceptors (Lipinski definition) is 3. The van der Waals surface area contributed by atoms with Crippen LogP contribution in [0.25, 0.3) is 0 Å². The second-order valence-corrected chi connectivity index (χ2v) is 5.22. The van der Waals surface area contributed by atoms with Gasteiger partial charge in [-0.1, -0.05) is 12.8 Å². The van der Waals surface area contributed by atoms with Crippen molar-refractivity contribution < 1.29 is 19.4 Å². The first-order valence-corrected chi connectivity index (χ1v) is 6.52. The van der Waals surface area contributed by atoms with Gasteiger partial charge in [-0.15, -0.1) is 0 Å². The fourth-order valence-corrected chi connectivity index (χ4v) is 2.52. The van der Waals surface area contributed by atoms with Crippen LogP contribution in [0.1, 0.15) is 45.4 Å². The second-order valence-electron chi connectivity index (χ2n) is 5.22. The lowest BCUT2D eigenvalue weighted by Gasteiger charge is -2.24. The van der Waals surface area contributed by atoms with Crippen LogP contribution in [-0.2, 0) is 14.3 Å². The van der Waals surface area contributed by atoms with Crippen LogP contribution in [0.2, 0.25) is 0 Å². The Morgan fingerprint density at radius 3 is 2.50 bits per heavy atom. The molecule has 0 heterocycles. The van der Waals surface area contributed by atoms with E-state index in [2.05, 4.69) is 5.32 Å². The van der Waals surface area contributed by atoms with Crippen molar-refractivity contribution in [1.82, 2.24) is 5.32 Å². The van der Waals surface area contributed by atoms with Gasteiger partial charge in [-0.25, -0.2) is 0 Å². The molecular formula is C13H23NO4. The third-order valence-electron chi connectivity index (χ3n) is 3.68. The fraction of sp³-hybridized carbons (Fsp3) is 0.846. The summed E-state index contributed by atoms with van der Waals surface area (Å²) in [6.07, 6.45) is 3.87. The first kappa shape index (κ1) is 15.0. The molecule has 1 rings (SSSR count). The third kappa shape index (κ3) is 3.98. The summed E-state index contributed by atoms with van der Waals surface area (Å²) in [5.74, 6) is -0.998. The van der Waals surface area contributed by atoms with Crippen molar-refractivity contribution in [2.45, 2.75) is 51.5 Å². The maximum absolute atomic E-state index is 11.9. The number of carbonyl (C=O) groups is 2. The molecular weight excluding hydrogens is 234 g/mol. The molecule has 104 valence electrons. The van der Waals surface area contributed by atoms with Crippen molar-refractivity contribution in [1.29, 1.82) is 0 Å². The molecule has 1 aliphatic carbocycles.